The lowest BCUT2D eigenvalue weighted by molar-refractivity contribution is -0.137. The number of carbonyl (C=O) groups excluding carboxylic acids is 1. The second-order valence-electron chi connectivity index (χ2n) is 7.17. The Bertz CT molecular complexity index is 1220. The Balaban J connectivity index is 1.35. The normalized spacial score (nSPS) is 12.5. The van der Waals surface area contributed by atoms with Crippen LogP contribution in [0.5, 0.6) is 11.5 Å². The SMILES string of the molecule is NC(Cc1ccc(Oc2ccnc3[nH]ccc23)cc1)C(=O)Nc1ccc(C(F)(F)F)cc1. The van der Waals surface area contributed by atoms with E-state index in [2.05, 4.69) is 15.3 Å². The zero-order valence-electron chi connectivity index (χ0n) is 16.7. The van der Waals surface area contributed by atoms with Gasteiger partial charge in [-0.1, -0.05) is 12.1 Å². The van der Waals surface area contributed by atoms with Gasteiger partial charge in [-0.2, -0.15) is 13.2 Å². The molecule has 0 spiro atoms. The number of fused-ring (bicyclic) bond motifs is 1. The molecule has 0 aliphatic carbocycles. The van der Waals surface area contributed by atoms with Crippen LogP contribution in [0.4, 0.5) is 18.9 Å². The molecule has 0 radical (unpaired) electrons. The molecular formula is C23H19F3N4O2. The van der Waals surface area contributed by atoms with Gasteiger partial charge in [0.15, 0.2) is 0 Å². The van der Waals surface area contributed by atoms with Gasteiger partial charge >= 0.3 is 6.18 Å². The highest BCUT2D eigenvalue weighted by Crippen LogP contribution is 2.30. The summed E-state index contributed by atoms with van der Waals surface area (Å²) >= 11 is 0. The first kappa shape index (κ1) is 21.4. The quantitative estimate of drug-likeness (QED) is 0.398. The van der Waals surface area contributed by atoms with Gasteiger partial charge in [0.05, 0.1) is 17.0 Å². The topological polar surface area (TPSA) is 93.0 Å². The molecule has 32 heavy (non-hydrogen) atoms. The maximum Gasteiger partial charge on any atom is 0.416 e. The molecule has 1 atom stereocenters. The molecule has 1 amide bonds. The van der Waals surface area contributed by atoms with Crippen LogP contribution in [-0.2, 0) is 17.4 Å². The van der Waals surface area contributed by atoms with E-state index in [4.69, 9.17) is 10.5 Å². The van der Waals surface area contributed by atoms with Gasteiger partial charge in [-0.25, -0.2) is 4.98 Å². The fourth-order valence-corrected chi connectivity index (χ4v) is 3.17. The van der Waals surface area contributed by atoms with E-state index < -0.39 is 23.7 Å². The molecule has 2 aromatic carbocycles. The number of halogens is 3. The Morgan fingerprint density at radius 2 is 1.78 bits per heavy atom. The minimum absolute atomic E-state index is 0.246. The molecule has 9 heteroatoms. The van der Waals surface area contributed by atoms with Crippen molar-refractivity contribution in [3.05, 3.63) is 84.2 Å². The summed E-state index contributed by atoms with van der Waals surface area (Å²) in [5.74, 6) is 0.790. The summed E-state index contributed by atoms with van der Waals surface area (Å²) < 4.78 is 43.8. The standard InChI is InChI=1S/C23H19F3N4O2/c24-23(25,26)15-3-5-16(6-4-15)30-22(31)19(27)13-14-1-7-17(8-2-14)32-20-10-12-29-21-18(20)9-11-28-21/h1-12,19H,13,27H2,(H,28,29)(H,30,31). The van der Waals surface area contributed by atoms with E-state index in [0.717, 1.165) is 28.7 Å². The number of carbonyl (C=O) groups is 1. The molecule has 0 fully saturated rings. The van der Waals surface area contributed by atoms with Gasteiger partial charge in [0.2, 0.25) is 5.91 Å². The van der Waals surface area contributed by atoms with Crippen molar-refractivity contribution in [2.24, 2.45) is 5.73 Å². The van der Waals surface area contributed by atoms with E-state index in [9.17, 15) is 18.0 Å². The first-order chi connectivity index (χ1) is 15.3. The number of anilines is 1. The first-order valence-electron chi connectivity index (χ1n) is 9.72. The van der Waals surface area contributed by atoms with Crippen LogP contribution in [0.25, 0.3) is 11.0 Å². The molecule has 2 heterocycles. The summed E-state index contributed by atoms with van der Waals surface area (Å²) in [5.41, 5.74) is 6.97. The number of aromatic nitrogens is 2. The van der Waals surface area contributed by atoms with Gasteiger partial charge in [0.25, 0.3) is 0 Å². The first-order valence-corrected chi connectivity index (χ1v) is 9.72. The predicted molar refractivity (Wildman–Crippen MR) is 114 cm³/mol. The van der Waals surface area contributed by atoms with Crippen LogP contribution in [0, 0.1) is 0 Å². The third-order valence-corrected chi connectivity index (χ3v) is 4.84. The summed E-state index contributed by atoms with van der Waals surface area (Å²) in [7, 11) is 0. The van der Waals surface area contributed by atoms with Gasteiger partial charge in [0.1, 0.15) is 17.1 Å². The average Bonchev–Trinajstić information content (AvgIpc) is 3.25. The van der Waals surface area contributed by atoms with Gasteiger partial charge in [-0.3, -0.25) is 4.79 Å². The highest BCUT2D eigenvalue weighted by atomic mass is 19.4. The zero-order valence-corrected chi connectivity index (χ0v) is 16.7. The molecule has 4 aromatic rings. The lowest BCUT2D eigenvalue weighted by atomic mass is 10.1. The number of benzene rings is 2. The number of rotatable bonds is 6. The number of nitrogens with one attached hydrogen (secondary N) is 2. The molecule has 4 N–H and O–H groups in total. The number of aromatic amines is 1. The van der Waals surface area contributed by atoms with Crippen molar-refractivity contribution in [3.8, 4) is 11.5 Å². The molecule has 0 aliphatic rings. The average molecular weight is 440 g/mol. The maximum atomic E-state index is 12.6. The van der Waals surface area contributed by atoms with Crippen LogP contribution < -0.4 is 15.8 Å². The summed E-state index contributed by atoms with van der Waals surface area (Å²) in [6.07, 6.45) is -0.745. The summed E-state index contributed by atoms with van der Waals surface area (Å²) in [5, 5.41) is 3.39. The van der Waals surface area contributed by atoms with Crippen molar-refractivity contribution in [2.45, 2.75) is 18.6 Å². The third-order valence-electron chi connectivity index (χ3n) is 4.84. The third kappa shape index (κ3) is 4.89. The van der Waals surface area contributed by atoms with Crippen LogP contribution in [0.15, 0.2) is 73.1 Å². The highest BCUT2D eigenvalue weighted by molar-refractivity contribution is 5.94. The van der Waals surface area contributed by atoms with Gasteiger partial charge < -0.3 is 20.8 Å². The van der Waals surface area contributed by atoms with Crippen LogP contribution >= 0.6 is 0 Å². The number of hydrogen-bond acceptors (Lipinski definition) is 4. The van der Waals surface area contributed by atoms with E-state index in [1.165, 1.54) is 12.1 Å². The van der Waals surface area contributed by atoms with Crippen LogP contribution in [0.3, 0.4) is 0 Å². The minimum atomic E-state index is -4.43. The van der Waals surface area contributed by atoms with Gasteiger partial charge in [-0.15, -0.1) is 0 Å². The van der Waals surface area contributed by atoms with Crippen LogP contribution in [0.2, 0.25) is 0 Å². The number of alkyl halides is 3. The number of amides is 1. The Hall–Kier alpha value is -3.85. The molecule has 0 saturated heterocycles. The van der Waals surface area contributed by atoms with Gasteiger partial charge in [0, 0.05) is 18.1 Å². The van der Waals surface area contributed by atoms with E-state index in [1.54, 1.807) is 42.7 Å². The molecule has 0 bridgehead atoms. The van der Waals surface area contributed by atoms with Crippen molar-refractivity contribution in [1.29, 1.82) is 0 Å². The second-order valence-corrected chi connectivity index (χ2v) is 7.17. The smallest absolute Gasteiger partial charge is 0.416 e. The number of pyridine rings is 1. The largest absolute Gasteiger partial charge is 0.457 e. The monoisotopic (exact) mass is 440 g/mol. The summed E-state index contributed by atoms with van der Waals surface area (Å²) in [4.78, 5) is 19.5. The van der Waals surface area contributed by atoms with E-state index in [1.807, 2.05) is 6.07 Å². The van der Waals surface area contributed by atoms with Crippen molar-refractivity contribution in [1.82, 2.24) is 9.97 Å². The number of nitrogens with zero attached hydrogens (tertiary/aromatic N) is 1. The molecule has 0 aliphatic heterocycles. The lowest BCUT2D eigenvalue weighted by Gasteiger charge is -2.14. The Morgan fingerprint density at radius 1 is 1.06 bits per heavy atom. The van der Waals surface area contributed by atoms with Gasteiger partial charge in [-0.05, 0) is 60.5 Å². The Morgan fingerprint density at radius 3 is 2.47 bits per heavy atom. The minimum Gasteiger partial charge on any atom is -0.457 e. The van der Waals surface area contributed by atoms with E-state index in [-0.39, 0.29) is 12.1 Å². The molecule has 6 nitrogen and oxygen atoms in total. The van der Waals surface area contributed by atoms with E-state index in [0.29, 0.717) is 11.5 Å². The molecule has 2 aromatic heterocycles. The fraction of sp³-hybridized carbons (Fsp3) is 0.130. The van der Waals surface area contributed by atoms with Crippen molar-refractivity contribution < 1.29 is 22.7 Å². The van der Waals surface area contributed by atoms with Crippen LogP contribution in [0.1, 0.15) is 11.1 Å². The fourth-order valence-electron chi connectivity index (χ4n) is 3.17. The number of ether oxygens (including phenoxy) is 1. The lowest BCUT2D eigenvalue weighted by Crippen LogP contribution is -2.37. The molecular weight excluding hydrogens is 421 g/mol. The predicted octanol–water partition coefficient (Wildman–Crippen LogP) is 4.88. The zero-order chi connectivity index (χ0) is 22.7. The van der Waals surface area contributed by atoms with Crippen molar-refractivity contribution >= 4 is 22.6 Å². The Kier molecular flexibility index (Phi) is 5.83. The van der Waals surface area contributed by atoms with E-state index >= 15 is 0 Å². The van der Waals surface area contributed by atoms with Crippen molar-refractivity contribution in [2.75, 3.05) is 5.32 Å². The molecule has 4 rings (SSSR count). The highest BCUT2D eigenvalue weighted by Gasteiger charge is 2.30. The maximum absolute atomic E-state index is 12.6. The van der Waals surface area contributed by atoms with Crippen LogP contribution in [-0.4, -0.2) is 21.9 Å². The molecule has 164 valence electrons. The van der Waals surface area contributed by atoms with Crippen molar-refractivity contribution in [3.63, 3.8) is 0 Å². The second kappa shape index (κ2) is 8.72. The molecule has 0 saturated carbocycles. The molecule has 1 unspecified atom stereocenters. The number of H-pyrrole nitrogens is 1. The summed E-state index contributed by atoms with van der Waals surface area (Å²) in [6.45, 7) is 0. The number of nitrogens with two attached hydrogens (primary N) is 1. The number of hydrogen-bond donors (Lipinski definition) is 3. The summed E-state index contributed by atoms with van der Waals surface area (Å²) in [6, 6.07) is 14.1. The Labute approximate surface area is 181 Å².